The third-order valence-corrected chi connectivity index (χ3v) is 5.18. The number of anilines is 1. The van der Waals surface area contributed by atoms with E-state index < -0.39 is 0 Å². The van der Waals surface area contributed by atoms with Crippen molar-refractivity contribution in [3.63, 3.8) is 0 Å². The van der Waals surface area contributed by atoms with Crippen LogP contribution >= 0.6 is 11.6 Å². The Morgan fingerprint density at radius 3 is 2.57 bits per heavy atom. The summed E-state index contributed by atoms with van der Waals surface area (Å²) < 4.78 is 18.8. The van der Waals surface area contributed by atoms with E-state index in [2.05, 4.69) is 9.88 Å². The quantitative estimate of drug-likeness (QED) is 0.670. The fourth-order valence-electron chi connectivity index (χ4n) is 3.33. The number of piperazine rings is 1. The number of carbonyl (C=O) groups excluding carboxylic acids is 1. The van der Waals surface area contributed by atoms with Gasteiger partial charge in [0.1, 0.15) is 17.1 Å². The van der Waals surface area contributed by atoms with E-state index in [1.54, 1.807) is 35.4 Å². The molecule has 0 unspecified atom stereocenters. The van der Waals surface area contributed by atoms with Crippen molar-refractivity contribution in [2.75, 3.05) is 37.7 Å². The molecule has 1 aliphatic heterocycles. The fourth-order valence-corrected chi connectivity index (χ4v) is 3.54. The van der Waals surface area contributed by atoms with E-state index in [4.69, 9.17) is 16.3 Å². The lowest BCUT2D eigenvalue weighted by Crippen LogP contribution is -2.50. The SMILES string of the molecule is O=C(COc1ccc(Cl)c2cccnc12)N1CCN(c2ccc(F)cc2)CC1. The van der Waals surface area contributed by atoms with E-state index in [-0.39, 0.29) is 18.3 Å². The van der Waals surface area contributed by atoms with Crippen molar-refractivity contribution in [2.45, 2.75) is 0 Å². The minimum absolute atomic E-state index is 0.0517. The summed E-state index contributed by atoms with van der Waals surface area (Å²) in [6, 6.07) is 13.6. The van der Waals surface area contributed by atoms with Gasteiger partial charge in [-0.25, -0.2) is 4.39 Å². The highest BCUT2D eigenvalue weighted by Crippen LogP contribution is 2.29. The zero-order valence-corrected chi connectivity index (χ0v) is 15.9. The van der Waals surface area contributed by atoms with Crippen LogP contribution in [0.1, 0.15) is 0 Å². The molecule has 1 aliphatic rings. The molecule has 0 radical (unpaired) electrons. The topological polar surface area (TPSA) is 45.7 Å². The molecule has 0 bridgehead atoms. The molecular formula is C21H19ClFN3O2. The van der Waals surface area contributed by atoms with Gasteiger partial charge in [-0.15, -0.1) is 0 Å². The summed E-state index contributed by atoms with van der Waals surface area (Å²) in [5.74, 6) is 0.218. The summed E-state index contributed by atoms with van der Waals surface area (Å²) in [5.41, 5.74) is 1.60. The number of benzene rings is 2. The first kappa shape index (κ1) is 18.5. The number of aromatic nitrogens is 1. The smallest absolute Gasteiger partial charge is 0.260 e. The highest BCUT2D eigenvalue weighted by Gasteiger charge is 2.22. The molecule has 1 fully saturated rings. The summed E-state index contributed by atoms with van der Waals surface area (Å²) in [6.45, 7) is 2.54. The number of fused-ring (bicyclic) bond motifs is 1. The molecule has 1 aromatic heterocycles. The van der Waals surface area contributed by atoms with E-state index in [9.17, 15) is 9.18 Å². The molecule has 0 atom stereocenters. The molecule has 1 saturated heterocycles. The number of rotatable bonds is 4. The Hall–Kier alpha value is -2.86. The van der Waals surface area contributed by atoms with Crippen LogP contribution in [0.5, 0.6) is 5.75 Å². The van der Waals surface area contributed by atoms with E-state index in [0.29, 0.717) is 42.5 Å². The Morgan fingerprint density at radius 2 is 1.82 bits per heavy atom. The molecule has 144 valence electrons. The molecule has 1 amide bonds. The van der Waals surface area contributed by atoms with Gasteiger partial charge in [0.15, 0.2) is 6.61 Å². The molecular weight excluding hydrogens is 381 g/mol. The van der Waals surface area contributed by atoms with Gasteiger partial charge in [-0.2, -0.15) is 0 Å². The Kier molecular flexibility index (Phi) is 5.30. The van der Waals surface area contributed by atoms with Crippen molar-refractivity contribution in [3.8, 4) is 5.75 Å². The molecule has 0 aliphatic carbocycles. The van der Waals surface area contributed by atoms with Gasteiger partial charge >= 0.3 is 0 Å². The first-order chi connectivity index (χ1) is 13.6. The van der Waals surface area contributed by atoms with E-state index >= 15 is 0 Å². The predicted molar refractivity (Wildman–Crippen MR) is 107 cm³/mol. The van der Waals surface area contributed by atoms with Gasteiger partial charge in [-0.05, 0) is 48.5 Å². The summed E-state index contributed by atoms with van der Waals surface area (Å²) in [5, 5.41) is 1.39. The Morgan fingerprint density at radius 1 is 1.07 bits per heavy atom. The summed E-state index contributed by atoms with van der Waals surface area (Å²) in [7, 11) is 0. The second kappa shape index (κ2) is 8.02. The van der Waals surface area contributed by atoms with Crippen LogP contribution in [0.15, 0.2) is 54.7 Å². The first-order valence-electron chi connectivity index (χ1n) is 9.06. The minimum atomic E-state index is -0.251. The van der Waals surface area contributed by atoms with Gasteiger partial charge in [-0.3, -0.25) is 9.78 Å². The van der Waals surface area contributed by atoms with Crippen LogP contribution in [0.4, 0.5) is 10.1 Å². The van der Waals surface area contributed by atoms with Gasteiger partial charge in [0.25, 0.3) is 5.91 Å². The average Bonchev–Trinajstić information content (AvgIpc) is 2.74. The lowest BCUT2D eigenvalue weighted by atomic mass is 10.2. The number of nitrogens with zero attached hydrogens (tertiary/aromatic N) is 3. The molecule has 28 heavy (non-hydrogen) atoms. The van der Waals surface area contributed by atoms with Crippen molar-refractivity contribution < 1.29 is 13.9 Å². The first-order valence-corrected chi connectivity index (χ1v) is 9.44. The number of amides is 1. The number of ether oxygens (including phenoxy) is 1. The molecule has 2 aromatic carbocycles. The standard InChI is InChI=1S/C21H19ClFN3O2/c22-18-7-8-19(21-17(18)2-1-9-24-21)28-14-20(27)26-12-10-25(11-13-26)16-5-3-15(23)4-6-16/h1-9H,10-14H2. The molecule has 0 saturated carbocycles. The fraction of sp³-hybridized carbons (Fsp3) is 0.238. The predicted octanol–water partition coefficient (Wildman–Crippen LogP) is 3.75. The number of pyridine rings is 1. The van der Waals surface area contributed by atoms with E-state index in [0.717, 1.165) is 11.1 Å². The maximum atomic E-state index is 13.1. The highest BCUT2D eigenvalue weighted by molar-refractivity contribution is 6.35. The maximum Gasteiger partial charge on any atom is 0.260 e. The van der Waals surface area contributed by atoms with Crippen LogP contribution in [0.2, 0.25) is 5.02 Å². The molecule has 0 N–H and O–H groups in total. The van der Waals surface area contributed by atoms with Crippen molar-refractivity contribution >= 4 is 34.1 Å². The van der Waals surface area contributed by atoms with Crippen LogP contribution in [-0.2, 0) is 4.79 Å². The number of hydrogen-bond acceptors (Lipinski definition) is 4. The average molecular weight is 400 g/mol. The Labute approximate surface area is 167 Å². The minimum Gasteiger partial charge on any atom is -0.481 e. The zero-order chi connectivity index (χ0) is 19.5. The number of carbonyl (C=O) groups is 1. The third kappa shape index (κ3) is 3.87. The van der Waals surface area contributed by atoms with Gasteiger partial charge in [0.05, 0.1) is 5.02 Å². The summed E-state index contributed by atoms with van der Waals surface area (Å²) >= 11 is 6.19. The second-order valence-corrected chi connectivity index (χ2v) is 6.99. The van der Waals surface area contributed by atoms with Gasteiger partial charge in [0.2, 0.25) is 0 Å². The highest BCUT2D eigenvalue weighted by atomic mass is 35.5. The number of hydrogen-bond donors (Lipinski definition) is 0. The van der Waals surface area contributed by atoms with Crippen molar-refractivity contribution in [1.29, 1.82) is 0 Å². The second-order valence-electron chi connectivity index (χ2n) is 6.58. The van der Waals surface area contributed by atoms with Crippen LogP contribution in [0, 0.1) is 5.82 Å². The molecule has 2 heterocycles. The number of halogens is 2. The Bertz CT molecular complexity index is 989. The van der Waals surface area contributed by atoms with Crippen molar-refractivity contribution in [3.05, 3.63) is 65.6 Å². The van der Waals surface area contributed by atoms with Gasteiger partial charge in [0, 0.05) is 43.4 Å². The van der Waals surface area contributed by atoms with Crippen LogP contribution in [0.3, 0.4) is 0 Å². The van der Waals surface area contributed by atoms with E-state index in [1.807, 2.05) is 12.1 Å². The molecule has 7 heteroatoms. The lowest BCUT2D eigenvalue weighted by Gasteiger charge is -2.36. The normalized spacial score (nSPS) is 14.4. The largest absolute Gasteiger partial charge is 0.481 e. The third-order valence-electron chi connectivity index (χ3n) is 4.85. The van der Waals surface area contributed by atoms with Crippen LogP contribution < -0.4 is 9.64 Å². The molecule has 4 rings (SSSR count). The molecule has 5 nitrogen and oxygen atoms in total. The van der Waals surface area contributed by atoms with Gasteiger partial charge in [-0.1, -0.05) is 11.6 Å². The monoisotopic (exact) mass is 399 g/mol. The summed E-state index contributed by atoms with van der Waals surface area (Å²) in [4.78, 5) is 20.8. The van der Waals surface area contributed by atoms with E-state index in [1.165, 1.54) is 12.1 Å². The molecule has 0 spiro atoms. The van der Waals surface area contributed by atoms with Crippen molar-refractivity contribution in [1.82, 2.24) is 9.88 Å². The van der Waals surface area contributed by atoms with Crippen molar-refractivity contribution in [2.24, 2.45) is 0 Å². The Balaban J connectivity index is 1.35. The maximum absolute atomic E-state index is 13.1. The molecule has 3 aromatic rings. The summed E-state index contributed by atoms with van der Waals surface area (Å²) in [6.07, 6.45) is 1.67. The zero-order valence-electron chi connectivity index (χ0n) is 15.1. The van der Waals surface area contributed by atoms with Crippen LogP contribution in [0.25, 0.3) is 10.9 Å². The van der Waals surface area contributed by atoms with Gasteiger partial charge < -0.3 is 14.5 Å². The van der Waals surface area contributed by atoms with Crippen LogP contribution in [-0.4, -0.2) is 48.6 Å². The lowest BCUT2D eigenvalue weighted by molar-refractivity contribution is -0.133.